The SMILES string of the molecule is CNC(=O)c1ccc(NC(=O)[C@H](C)N)cc1Cl.Cl. The molecule has 1 rings (SSSR count). The van der Waals surface area contributed by atoms with Crippen LogP contribution in [0.25, 0.3) is 0 Å². The number of amides is 2. The smallest absolute Gasteiger partial charge is 0.252 e. The normalized spacial score (nSPS) is 11.1. The molecule has 0 aliphatic rings. The molecule has 0 aliphatic heterocycles. The van der Waals surface area contributed by atoms with Crippen molar-refractivity contribution < 1.29 is 9.59 Å². The summed E-state index contributed by atoms with van der Waals surface area (Å²) in [5.41, 5.74) is 6.27. The van der Waals surface area contributed by atoms with E-state index in [0.29, 0.717) is 11.3 Å². The Balaban J connectivity index is 0.00000289. The predicted molar refractivity (Wildman–Crippen MR) is 74.4 cm³/mol. The van der Waals surface area contributed by atoms with Crippen LogP contribution in [0.1, 0.15) is 17.3 Å². The van der Waals surface area contributed by atoms with E-state index >= 15 is 0 Å². The molecule has 1 aromatic rings. The van der Waals surface area contributed by atoms with Gasteiger partial charge in [0.2, 0.25) is 5.91 Å². The van der Waals surface area contributed by atoms with Crippen LogP contribution >= 0.6 is 24.0 Å². The number of hydrogen-bond acceptors (Lipinski definition) is 3. The number of nitrogens with two attached hydrogens (primary N) is 1. The molecule has 18 heavy (non-hydrogen) atoms. The van der Waals surface area contributed by atoms with Gasteiger partial charge in [-0.05, 0) is 25.1 Å². The molecular weight excluding hydrogens is 277 g/mol. The van der Waals surface area contributed by atoms with Crippen LogP contribution in [0.5, 0.6) is 0 Å². The van der Waals surface area contributed by atoms with Gasteiger partial charge in [0.1, 0.15) is 0 Å². The van der Waals surface area contributed by atoms with E-state index in [0.717, 1.165) is 0 Å². The van der Waals surface area contributed by atoms with E-state index in [1.807, 2.05) is 0 Å². The highest BCUT2D eigenvalue weighted by atomic mass is 35.5. The Morgan fingerprint density at radius 2 is 2.00 bits per heavy atom. The Morgan fingerprint density at radius 1 is 1.39 bits per heavy atom. The third-order valence-electron chi connectivity index (χ3n) is 2.12. The van der Waals surface area contributed by atoms with Gasteiger partial charge >= 0.3 is 0 Å². The fraction of sp³-hybridized carbons (Fsp3) is 0.273. The van der Waals surface area contributed by atoms with Crippen LogP contribution in [0.15, 0.2) is 18.2 Å². The minimum Gasteiger partial charge on any atom is -0.355 e. The number of carbonyl (C=O) groups excluding carboxylic acids is 2. The standard InChI is InChI=1S/C11H14ClN3O2.ClH/c1-6(13)10(16)15-7-3-4-8(9(12)5-7)11(17)14-2;/h3-6H,13H2,1-2H3,(H,14,17)(H,15,16);1H/t6-;/m0./s1. The predicted octanol–water partition coefficient (Wildman–Crippen LogP) is 1.41. The molecule has 0 spiro atoms. The van der Waals surface area contributed by atoms with Crippen LogP contribution in [0.2, 0.25) is 5.02 Å². The molecule has 0 bridgehead atoms. The summed E-state index contributed by atoms with van der Waals surface area (Å²) >= 11 is 5.92. The lowest BCUT2D eigenvalue weighted by Crippen LogP contribution is -2.32. The zero-order valence-electron chi connectivity index (χ0n) is 9.99. The molecule has 0 aliphatic carbocycles. The average molecular weight is 292 g/mol. The number of carbonyl (C=O) groups is 2. The summed E-state index contributed by atoms with van der Waals surface area (Å²) in [6.45, 7) is 1.58. The maximum atomic E-state index is 11.4. The van der Waals surface area contributed by atoms with E-state index in [-0.39, 0.29) is 29.2 Å². The Morgan fingerprint density at radius 3 is 2.44 bits per heavy atom. The van der Waals surface area contributed by atoms with Crippen LogP contribution in [-0.2, 0) is 4.79 Å². The second-order valence-corrected chi connectivity index (χ2v) is 3.96. The van der Waals surface area contributed by atoms with E-state index in [1.165, 1.54) is 19.2 Å². The highest BCUT2D eigenvalue weighted by Gasteiger charge is 2.11. The van der Waals surface area contributed by atoms with Crippen molar-refractivity contribution >= 4 is 41.5 Å². The number of nitrogens with one attached hydrogen (secondary N) is 2. The van der Waals surface area contributed by atoms with E-state index in [9.17, 15) is 9.59 Å². The van der Waals surface area contributed by atoms with Gasteiger partial charge in [0.25, 0.3) is 5.91 Å². The summed E-state index contributed by atoms with van der Waals surface area (Å²) in [5.74, 6) is -0.589. The lowest BCUT2D eigenvalue weighted by molar-refractivity contribution is -0.117. The maximum absolute atomic E-state index is 11.4. The van der Waals surface area contributed by atoms with Crippen molar-refractivity contribution in [1.82, 2.24) is 5.32 Å². The summed E-state index contributed by atoms with van der Waals surface area (Å²) in [6, 6.07) is 4.04. The van der Waals surface area contributed by atoms with Crippen molar-refractivity contribution in [3.63, 3.8) is 0 Å². The Kier molecular flexibility index (Phi) is 6.68. The summed E-state index contributed by atoms with van der Waals surface area (Å²) in [6.07, 6.45) is 0. The molecule has 0 aromatic heterocycles. The molecule has 2 amide bonds. The van der Waals surface area contributed by atoms with Crippen molar-refractivity contribution in [3.05, 3.63) is 28.8 Å². The summed E-state index contributed by atoms with van der Waals surface area (Å²) in [5, 5.41) is 5.33. The molecule has 7 heteroatoms. The zero-order valence-corrected chi connectivity index (χ0v) is 11.6. The first-order chi connectivity index (χ1) is 7.95. The monoisotopic (exact) mass is 291 g/mol. The van der Waals surface area contributed by atoms with Crippen molar-refractivity contribution in [3.8, 4) is 0 Å². The van der Waals surface area contributed by atoms with Crippen molar-refractivity contribution in [1.29, 1.82) is 0 Å². The second-order valence-electron chi connectivity index (χ2n) is 3.55. The van der Waals surface area contributed by atoms with Gasteiger partial charge in [-0.3, -0.25) is 9.59 Å². The van der Waals surface area contributed by atoms with Crippen molar-refractivity contribution in [2.45, 2.75) is 13.0 Å². The first-order valence-electron chi connectivity index (χ1n) is 5.03. The minimum atomic E-state index is -0.604. The quantitative estimate of drug-likeness (QED) is 0.787. The number of rotatable bonds is 3. The molecule has 0 fully saturated rings. The zero-order chi connectivity index (χ0) is 13.0. The summed E-state index contributed by atoms with van der Waals surface area (Å²) < 4.78 is 0. The van der Waals surface area contributed by atoms with E-state index < -0.39 is 6.04 Å². The van der Waals surface area contributed by atoms with Crippen LogP contribution in [-0.4, -0.2) is 24.9 Å². The van der Waals surface area contributed by atoms with Crippen LogP contribution in [0.4, 0.5) is 5.69 Å². The van der Waals surface area contributed by atoms with Crippen molar-refractivity contribution in [2.75, 3.05) is 12.4 Å². The highest BCUT2D eigenvalue weighted by molar-refractivity contribution is 6.34. The molecule has 4 N–H and O–H groups in total. The molecule has 0 unspecified atom stereocenters. The minimum absolute atomic E-state index is 0. The molecular formula is C11H15Cl2N3O2. The first-order valence-corrected chi connectivity index (χ1v) is 5.41. The fourth-order valence-corrected chi connectivity index (χ4v) is 1.43. The van der Waals surface area contributed by atoms with Crippen LogP contribution in [0.3, 0.4) is 0 Å². The molecule has 0 saturated carbocycles. The average Bonchev–Trinajstić information content (AvgIpc) is 2.28. The first kappa shape index (κ1) is 16.7. The Bertz CT molecular complexity index is 450. The third-order valence-corrected chi connectivity index (χ3v) is 2.43. The summed E-state index contributed by atoms with van der Waals surface area (Å²) in [4.78, 5) is 22.7. The van der Waals surface area contributed by atoms with Gasteiger partial charge in [-0.15, -0.1) is 12.4 Å². The van der Waals surface area contributed by atoms with E-state index in [4.69, 9.17) is 17.3 Å². The molecule has 1 atom stereocenters. The van der Waals surface area contributed by atoms with Gasteiger partial charge in [0.05, 0.1) is 16.6 Å². The topological polar surface area (TPSA) is 84.2 Å². The summed E-state index contributed by atoms with van der Waals surface area (Å²) in [7, 11) is 1.52. The number of halogens is 2. The Hall–Kier alpha value is -1.30. The van der Waals surface area contributed by atoms with E-state index in [1.54, 1.807) is 13.0 Å². The highest BCUT2D eigenvalue weighted by Crippen LogP contribution is 2.21. The molecule has 0 heterocycles. The second kappa shape index (κ2) is 7.20. The largest absolute Gasteiger partial charge is 0.355 e. The number of benzene rings is 1. The molecule has 0 radical (unpaired) electrons. The lowest BCUT2D eigenvalue weighted by Gasteiger charge is -2.09. The molecule has 0 saturated heterocycles. The van der Waals surface area contributed by atoms with Gasteiger partial charge < -0.3 is 16.4 Å². The van der Waals surface area contributed by atoms with Gasteiger partial charge in [0.15, 0.2) is 0 Å². The number of hydrogen-bond donors (Lipinski definition) is 3. The van der Waals surface area contributed by atoms with E-state index in [2.05, 4.69) is 10.6 Å². The van der Waals surface area contributed by atoms with Gasteiger partial charge in [0, 0.05) is 12.7 Å². The number of anilines is 1. The van der Waals surface area contributed by atoms with Gasteiger partial charge in [-0.2, -0.15) is 0 Å². The Labute approximate surface area is 116 Å². The fourth-order valence-electron chi connectivity index (χ4n) is 1.17. The lowest BCUT2D eigenvalue weighted by atomic mass is 10.2. The third kappa shape index (κ3) is 4.18. The van der Waals surface area contributed by atoms with Crippen LogP contribution in [0, 0.1) is 0 Å². The maximum Gasteiger partial charge on any atom is 0.252 e. The van der Waals surface area contributed by atoms with Crippen LogP contribution < -0.4 is 16.4 Å². The molecule has 1 aromatic carbocycles. The molecule has 100 valence electrons. The molecule has 5 nitrogen and oxygen atoms in total. The van der Waals surface area contributed by atoms with Crippen molar-refractivity contribution in [2.24, 2.45) is 5.73 Å². The van der Waals surface area contributed by atoms with Gasteiger partial charge in [-0.25, -0.2) is 0 Å². The van der Waals surface area contributed by atoms with Gasteiger partial charge in [-0.1, -0.05) is 11.6 Å².